The Morgan fingerprint density at radius 3 is 2.80 bits per heavy atom. The zero-order chi connectivity index (χ0) is 14.3. The number of alkyl halides is 1. The smallest absolute Gasteiger partial charge is 0.144 e. The van der Waals surface area contributed by atoms with Crippen LogP contribution in [-0.4, -0.2) is 9.55 Å². The van der Waals surface area contributed by atoms with Crippen molar-refractivity contribution in [3.63, 3.8) is 0 Å². The van der Waals surface area contributed by atoms with Gasteiger partial charge in [-0.15, -0.1) is 22.9 Å². The van der Waals surface area contributed by atoms with Crippen LogP contribution in [0.5, 0.6) is 0 Å². The fraction of sp³-hybridized carbons (Fsp3) is 0.154. The van der Waals surface area contributed by atoms with Gasteiger partial charge in [-0.2, -0.15) is 0 Å². The Morgan fingerprint density at radius 1 is 1.35 bits per heavy atom. The molecule has 0 aliphatic heterocycles. The van der Waals surface area contributed by atoms with Crippen molar-refractivity contribution in [3.8, 4) is 0 Å². The number of benzene rings is 1. The molecular weight excluding hydrogens is 386 g/mol. The van der Waals surface area contributed by atoms with Crippen LogP contribution in [0.2, 0.25) is 5.02 Å². The number of rotatable bonds is 3. The van der Waals surface area contributed by atoms with Crippen LogP contribution < -0.4 is 0 Å². The average molecular weight is 394 g/mol. The van der Waals surface area contributed by atoms with Crippen LogP contribution in [0.3, 0.4) is 0 Å². The van der Waals surface area contributed by atoms with E-state index in [0.717, 1.165) is 14.9 Å². The number of nitrogens with zero attached hydrogens (tertiary/aromatic N) is 2. The molecule has 0 aliphatic rings. The third-order valence-electron chi connectivity index (χ3n) is 2.92. The molecule has 20 heavy (non-hydrogen) atoms. The van der Waals surface area contributed by atoms with Gasteiger partial charge >= 0.3 is 0 Å². The van der Waals surface area contributed by atoms with Crippen molar-refractivity contribution in [3.05, 3.63) is 49.6 Å². The zero-order valence-corrected chi connectivity index (χ0v) is 14.0. The van der Waals surface area contributed by atoms with Crippen molar-refractivity contribution < 1.29 is 4.39 Å². The molecule has 104 valence electrons. The third kappa shape index (κ3) is 2.60. The van der Waals surface area contributed by atoms with Gasteiger partial charge in [0.25, 0.3) is 0 Å². The van der Waals surface area contributed by atoms with Crippen molar-refractivity contribution in [2.24, 2.45) is 0 Å². The topological polar surface area (TPSA) is 17.8 Å². The van der Waals surface area contributed by atoms with Crippen LogP contribution in [0, 0.1) is 5.82 Å². The minimum absolute atomic E-state index is 0.0899. The van der Waals surface area contributed by atoms with E-state index in [2.05, 4.69) is 20.9 Å². The van der Waals surface area contributed by atoms with Crippen molar-refractivity contribution in [2.75, 3.05) is 0 Å². The van der Waals surface area contributed by atoms with Crippen LogP contribution in [0.15, 0.2) is 28.1 Å². The van der Waals surface area contributed by atoms with E-state index in [1.807, 2.05) is 16.0 Å². The summed E-state index contributed by atoms with van der Waals surface area (Å²) in [6.07, 6.45) is 0. The lowest BCUT2D eigenvalue weighted by atomic mass is 10.3. The Hall–Kier alpha value is -0.620. The second-order valence-electron chi connectivity index (χ2n) is 4.23. The van der Waals surface area contributed by atoms with Crippen LogP contribution in [0.25, 0.3) is 11.0 Å². The summed E-state index contributed by atoms with van der Waals surface area (Å²) in [6, 6.07) is 4.98. The highest BCUT2D eigenvalue weighted by atomic mass is 79.9. The van der Waals surface area contributed by atoms with E-state index in [9.17, 15) is 4.39 Å². The lowest BCUT2D eigenvalue weighted by Crippen LogP contribution is -2.02. The summed E-state index contributed by atoms with van der Waals surface area (Å²) in [6.45, 7) is 0.636. The van der Waals surface area contributed by atoms with E-state index in [0.29, 0.717) is 17.9 Å². The molecule has 0 aliphatic carbocycles. The van der Waals surface area contributed by atoms with Crippen LogP contribution in [-0.2, 0) is 12.4 Å². The standard InChI is InChI=1S/C13H8BrCl2FN2S/c14-7-1-8(20-6-7)5-19-12-2-9(16)10(17)3-11(12)18-13(19)4-15/h1-3,6H,4-5H2. The summed E-state index contributed by atoms with van der Waals surface area (Å²) < 4.78 is 16.5. The van der Waals surface area contributed by atoms with Crippen LogP contribution in [0.4, 0.5) is 4.39 Å². The maximum absolute atomic E-state index is 13.5. The van der Waals surface area contributed by atoms with Gasteiger partial charge in [0.1, 0.15) is 11.6 Å². The molecule has 0 saturated heterocycles. The Labute approximate surface area is 137 Å². The molecule has 3 aromatic rings. The predicted octanol–water partition coefficient (Wildman–Crippen LogP) is 5.44. The molecule has 0 N–H and O–H groups in total. The van der Waals surface area contributed by atoms with Gasteiger partial charge in [-0.25, -0.2) is 9.37 Å². The second-order valence-corrected chi connectivity index (χ2v) is 6.82. The molecule has 2 aromatic heterocycles. The largest absolute Gasteiger partial charge is 0.322 e. The lowest BCUT2D eigenvalue weighted by Gasteiger charge is -2.06. The van der Waals surface area contributed by atoms with E-state index >= 15 is 0 Å². The van der Waals surface area contributed by atoms with Gasteiger partial charge in [-0.05, 0) is 28.1 Å². The monoisotopic (exact) mass is 392 g/mol. The maximum Gasteiger partial charge on any atom is 0.144 e. The van der Waals surface area contributed by atoms with Crippen molar-refractivity contribution in [2.45, 2.75) is 12.4 Å². The maximum atomic E-state index is 13.5. The van der Waals surface area contributed by atoms with E-state index < -0.39 is 5.82 Å². The van der Waals surface area contributed by atoms with Gasteiger partial charge in [0, 0.05) is 20.8 Å². The Bertz CT molecular complexity index is 784. The first-order valence-electron chi connectivity index (χ1n) is 5.71. The average Bonchev–Trinajstić information content (AvgIpc) is 2.96. The molecule has 2 heterocycles. The quantitative estimate of drug-likeness (QED) is 0.541. The number of hydrogen-bond acceptors (Lipinski definition) is 2. The summed E-state index contributed by atoms with van der Waals surface area (Å²) in [5.41, 5.74) is 1.36. The van der Waals surface area contributed by atoms with Gasteiger partial charge in [0.2, 0.25) is 0 Å². The van der Waals surface area contributed by atoms with E-state index in [-0.39, 0.29) is 10.9 Å². The number of thiophene rings is 1. The predicted molar refractivity (Wildman–Crippen MR) is 85.4 cm³/mol. The number of aromatic nitrogens is 2. The summed E-state index contributed by atoms with van der Waals surface area (Å²) >= 11 is 16.9. The van der Waals surface area contributed by atoms with Crippen LogP contribution in [0.1, 0.15) is 10.7 Å². The second kappa shape index (κ2) is 5.64. The summed E-state index contributed by atoms with van der Waals surface area (Å²) in [4.78, 5) is 5.52. The molecule has 0 spiro atoms. The highest BCUT2D eigenvalue weighted by Crippen LogP contribution is 2.27. The minimum Gasteiger partial charge on any atom is -0.322 e. The first-order valence-corrected chi connectivity index (χ1v) is 8.30. The summed E-state index contributed by atoms with van der Waals surface area (Å²) in [5, 5.41) is 2.11. The molecule has 0 atom stereocenters. The van der Waals surface area contributed by atoms with Crippen molar-refractivity contribution in [1.82, 2.24) is 9.55 Å². The number of hydrogen-bond donors (Lipinski definition) is 0. The first kappa shape index (κ1) is 14.3. The number of imidazole rings is 1. The summed E-state index contributed by atoms with van der Waals surface area (Å²) in [7, 11) is 0. The van der Waals surface area contributed by atoms with E-state index in [4.69, 9.17) is 23.2 Å². The fourth-order valence-electron chi connectivity index (χ4n) is 2.04. The Balaban J connectivity index is 2.14. The van der Waals surface area contributed by atoms with Crippen molar-refractivity contribution in [1.29, 1.82) is 0 Å². The third-order valence-corrected chi connectivity index (χ3v) is 5.14. The molecule has 3 rings (SSSR count). The SMILES string of the molecule is Fc1cc2nc(CCl)n(Cc3cc(Br)cs3)c2cc1Cl. The minimum atomic E-state index is -0.469. The van der Waals surface area contributed by atoms with Gasteiger partial charge in [0.15, 0.2) is 0 Å². The molecule has 0 saturated carbocycles. The Morgan fingerprint density at radius 2 is 2.15 bits per heavy atom. The van der Waals surface area contributed by atoms with Gasteiger partial charge in [0.05, 0.1) is 28.5 Å². The van der Waals surface area contributed by atoms with Crippen molar-refractivity contribution >= 4 is 61.5 Å². The molecule has 0 bridgehead atoms. The van der Waals surface area contributed by atoms with E-state index in [1.54, 1.807) is 17.4 Å². The normalized spacial score (nSPS) is 11.4. The number of fused-ring (bicyclic) bond motifs is 1. The van der Waals surface area contributed by atoms with Gasteiger partial charge < -0.3 is 4.57 Å². The summed E-state index contributed by atoms with van der Waals surface area (Å²) in [5.74, 6) is 0.497. The molecular formula is C13H8BrCl2FN2S. The Kier molecular flexibility index (Phi) is 4.04. The molecule has 0 radical (unpaired) electrons. The zero-order valence-electron chi connectivity index (χ0n) is 10.0. The molecule has 1 aromatic carbocycles. The lowest BCUT2D eigenvalue weighted by molar-refractivity contribution is 0.629. The highest BCUT2D eigenvalue weighted by molar-refractivity contribution is 9.10. The molecule has 2 nitrogen and oxygen atoms in total. The molecule has 0 fully saturated rings. The first-order chi connectivity index (χ1) is 9.58. The highest BCUT2D eigenvalue weighted by Gasteiger charge is 2.14. The molecule has 0 amide bonds. The van der Waals surface area contributed by atoms with Crippen LogP contribution >= 0.6 is 50.5 Å². The van der Waals surface area contributed by atoms with E-state index in [1.165, 1.54) is 6.07 Å². The molecule has 0 unspecified atom stereocenters. The molecule has 7 heteroatoms. The fourth-order valence-corrected chi connectivity index (χ4v) is 3.84. The number of halogens is 4. The van der Waals surface area contributed by atoms with Gasteiger partial charge in [-0.1, -0.05) is 11.6 Å². The van der Waals surface area contributed by atoms with Gasteiger partial charge in [-0.3, -0.25) is 0 Å².